The van der Waals surface area contributed by atoms with Crippen LogP contribution in [0.25, 0.3) is 22.3 Å². The van der Waals surface area contributed by atoms with Gasteiger partial charge >= 0.3 is 5.69 Å². The number of aromatic nitrogens is 5. The van der Waals surface area contributed by atoms with Gasteiger partial charge in [-0.2, -0.15) is 14.5 Å². The summed E-state index contributed by atoms with van der Waals surface area (Å²) in [5, 5.41) is 19.3. The lowest BCUT2D eigenvalue weighted by Crippen LogP contribution is -2.10. The van der Waals surface area contributed by atoms with Crippen LogP contribution in [0, 0.1) is 15.9 Å². The molecule has 11 nitrogen and oxygen atoms in total. The Morgan fingerprint density at radius 1 is 1.25 bits per heavy atom. The number of methoxy groups -OCH3 is 1. The molecule has 0 aliphatic carbocycles. The van der Waals surface area contributed by atoms with Crippen LogP contribution in [-0.4, -0.2) is 67.5 Å². The number of nitro benzene ring substituents is 1. The SMILES string of the molecule is COc1cc(F)c([N+](=O)[O-])cc1Nc1nc(-c2cnn(C)c2)c2ccn(COCCS(C)(C)C)c2n1. The van der Waals surface area contributed by atoms with Crippen LogP contribution < -0.4 is 10.1 Å². The van der Waals surface area contributed by atoms with Crippen LogP contribution in [-0.2, 0) is 18.5 Å². The third kappa shape index (κ3) is 5.57. The Balaban J connectivity index is 1.75. The first kappa shape index (κ1) is 25.4. The Kier molecular flexibility index (Phi) is 7.13. The first-order chi connectivity index (χ1) is 17.1. The van der Waals surface area contributed by atoms with Gasteiger partial charge in [0.2, 0.25) is 11.8 Å². The Labute approximate surface area is 208 Å². The third-order valence-electron chi connectivity index (χ3n) is 5.38. The minimum absolute atomic E-state index is 0.0770. The molecule has 0 saturated carbocycles. The molecule has 13 heteroatoms. The van der Waals surface area contributed by atoms with Crippen LogP contribution >= 0.6 is 10.0 Å². The zero-order valence-electron chi connectivity index (χ0n) is 20.7. The summed E-state index contributed by atoms with van der Waals surface area (Å²) in [5.74, 6) is 0.212. The van der Waals surface area contributed by atoms with Gasteiger partial charge in [0.05, 0.1) is 36.2 Å². The second kappa shape index (κ2) is 10.1. The van der Waals surface area contributed by atoms with Gasteiger partial charge < -0.3 is 19.4 Å². The second-order valence-corrected chi connectivity index (χ2v) is 13.6. The number of aryl methyl sites for hydroxylation is 1. The quantitative estimate of drug-likeness (QED) is 0.188. The highest BCUT2D eigenvalue weighted by molar-refractivity contribution is 8.32. The Morgan fingerprint density at radius 2 is 2.03 bits per heavy atom. The van der Waals surface area contributed by atoms with Crippen LogP contribution in [0.5, 0.6) is 5.75 Å². The molecule has 1 N–H and O–H groups in total. The lowest BCUT2D eigenvalue weighted by atomic mass is 10.2. The summed E-state index contributed by atoms with van der Waals surface area (Å²) in [5.41, 5.74) is 1.45. The van der Waals surface area contributed by atoms with Gasteiger partial charge in [0.1, 0.15) is 18.1 Å². The maximum absolute atomic E-state index is 14.1. The van der Waals surface area contributed by atoms with Gasteiger partial charge in [0, 0.05) is 48.3 Å². The number of fused-ring (bicyclic) bond motifs is 1. The first-order valence-corrected chi connectivity index (χ1v) is 14.0. The molecule has 0 atom stereocenters. The van der Waals surface area contributed by atoms with Gasteiger partial charge in [-0.1, -0.05) is 0 Å². The van der Waals surface area contributed by atoms with E-state index >= 15 is 0 Å². The number of nitrogens with zero attached hydrogens (tertiary/aromatic N) is 6. The molecule has 0 amide bonds. The Bertz CT molecular complexity index is 1410. The van der Waals surface area contributed by atoms with Crippen LogP contribution in [0.3, 0.4) is 0 Å². The standard InChI is InChI=1S/C23H28FN7O4S/c1-29-13-15(12-25-29)21-16-6-7-30(14-35-8-9-36(3,4)5)22(16)28-23(27-21)26-18-11-19(31(32)33)17(24)10-20(18)34-2/h6-7,10-13H,8-9,14H2,1-5H3,(H,26,27,28). The number of hydrogen-bond acceptors (Lipinski definition) is 8. The summed E-state index contributed by atoms with van der Waals surface area (Å²) >= 11 is 0. The molecule has 3 aromatic heterocycles. The summed E-state index contributed by atoms with van der Waals surface area (Å²) in [4.78, 5) is 19.8. The van der Waals surface area contributed by atoms with E-state index in [2.05, 4.69) is 39.2 Å². The Morgan fingerprint density at radius 3 is 2.67 bits per heavy atom. The van der Waals surface area contributed by atoms with E-state index < -0.39 is 26.5 Å². The molecule has 1 aromatic carbocycles. The summed E-state index contributed by atoms with van der Waals surface area (Å²) in [6.07, 6.45) is 12.1. The molecule has 0 fully saturated rings. The number of benzene rings is 1. The van der Waals surface area contributed by atoms with Crippen molar-refractivity contribution in [3.8, 4) is 17.0 Å². The molecule has 192 valence electrons. The fourth-order valence-corrected chi connectivity index (χ4v) is 4.15. The normalized spacial score (nSPS) is 12.2. The fraction of sp³-hybridized carbons (Fsp3) is 0.348. The van der Waals surface area contributed by atoms with Gasteiger partial charge in [-0.15, -0.1) is 0 Å². The van der Waals surface area contributed by atoms with Crippen molar-refractivity contribution in [2.45, 2.75) is 6.73 Å². The number of hydrogen-bond donors (Lipinski definition) is 1. The van der Waals surface area contributed by atoms with Crippen LogP contribution in [0.4, 0.5) is 21.7 Å². The molecule has 0 bridgehead atoms. The summed E-state index contributed by atoms with van der Waals surface area (Å²) in [7, 11) is 2.48. The van der Waals surface area contributed by atoms with Gasteiger partial charge in [0.25, 0.3) is 0 Å². The maximum Gasteiger partial charge on any atom is 0.307 e. The number of anilines is 2. The largest absolute Gasteiger partial charge is 0.494 e. The average Bonchev–Trinajstić information content (AvgIpc) is 3.42. The highest BCUT2D eigenvalue weighted by Crippen LogP contribution is 2.35. The molecular weight excluding hydrogens is 489 g/mol. The van der Waals surface area contributed by atoms with Gasteiger partial charge in [-0.3, -0.25) is 14.8 Å². The van der Waals surface area contributed by atoms with E-state index in [9.17, 15) is 14.5 Å². The molecule has 4 rings (SSSR count). The lowest BCUT2D eigenvalue weighted by molar-refractivity contribution is -0.387. The highest BCUT2D eigenvalue weighted by atomic mass is 32.3. The number of nitrogens with one attached hydrogen (secondary N) is 1. The average molecular weight is 518 g/mol. The number of nitro groups is 1. The molecule has 0 radical (unpaired) electrons. The maximum atomic E-state index is 14.1. The highest BCUT2D eigenvalue weighted by Gasteiger charge is 2.21. The van der Waals surface area contributed by atoms with Crippen LogP contribution in [0.15, 0.2) is 36.8 Å². The number of rotatable bonds is 10. The van der Waals surface area contributed by atoms with E-state index in [-0.39, 0.29) is 17.4 Å². The van der Waals surface area contributed by atoms with Crippen molar-refractivity contribution in [1.29, 1.82) is 0 Å². The molecule has 4 aromatic rings. The zero-order chi connectivity index (χ0) is 26.0. The van der Waals surface area contributed by atoms with E-state index in [4.69, 9.17) is 9.47 Å². The molecule has 0 spiro atoms. The van der Waals surface area contributed by atoms with Gasteiger partial charge in [-0.05, 0) is 24.8 Å². The topological polar surface area (TPSA) is 122 Å². The van der Waals surface area contributed by atoms with Crippen molar-refractivity contribution in [2.24, 2.45) is 7.05 Å². The minimum Gasteiger partial charge on any atom is -0.494 e. The van der Waals surface area contributed by atoms with E-state index in [0.717, 1.165) is 28.8 Å². The van der Waals surface area contributed by atoms with Crippen LogP contribution in [0.2, 0.25) is 0 Å². The van der Waals surface area contributed by atoms with E-state index in [0.29, 0.717) is 24.7 Å². The third-order valence-corrected chi connectivity index (χ3v) is 6.77. The molecule has 36 heavy (non-hydrogen) atoms. The molecular formula is C23H28FN7O4S. The molecule has 0 aliphatic heterocycles. The predicted molar refractivity (Wildman–Crippen MR) is 139 cm³/mol. The predicted octanol–water partition coefficient (Wildman–Crippen LogP) is 4.30. The van der Waals surface area contributed by atoms with Crippen molar-refractivity contribution >= 4 is 38.4 Å². The number of ether oxygens (including phenoxy) is 2. The first-order valence-electron chi connectivity index (χ1n) is 10.9. The van der Waals surface area contributed by atoms with E-state index in [1.54, 1.807) is 17.9 Å². The van der Waals surface area contributed by atoms with Crippen molar-refractivity contribution < 1.29 is 18.8 Å². The van der Waals surface area contributed by atoms with Crippen molar-refractivity contribution in [1.82, 2.24) is 24.3 Å². The molecule has 3 heterocycles. The van der Waals surface area contributed by atoms with Crippen molar-refractivity contribution in [3.05, 3.63) is 52.7 Å². The summed E-state index contributed by atoms with van der Waals surface area (Å²) in [6.45, 7) is 0.925. The van der Waals surface area contributed by atoms with Crippen molar-refractivity contribution in [3.63, 3.8) is 0 Å². The Hall–Kier alpha value is -3.71. The second-order valence-electron chi connectivity index (χ2n) is 9.04. The monoisotopic (exact) mass is 517 g/mol. The fourth-order valence-electron chi connectivity index (χ4n) is 3.53. The van der Waals surface area contributed by atoms with Crippen LogP contribution in [0.1, 0.15) is 0 Å². The molecule has 0 saturated heterocycles. The summed E-state index contributed by atoms with van der Waals surface area (Å²) in [6, 6.07) is 3.92. The zero-order valence-corrected chi connectivity index (χ0v) is 21.5. The smallest absolute Gasteiger partial charge is 0.307 e. The minimum atomic E-state index is -1.00. The van der Waals surface area contributed by atoms with Gasteiger partial charge in [-0.25, -0.2) is 15.0 Å². The van der Waals surface area contributed by atoms with Crippen molar-refractivity contribution in [2.75, 3.05) is 43.6 Å². The molecule has 0 aliphatic rings. The van der Waals surface area contributed by atoms with E-state index in [1.807, 2.05) is 23.0 Å². The van der Waals surface area contributed by atoms with E-state index in [1.165, 1.54) is 7.11 Å². The number of halogens is 1. The van der Waals surface area contributed by atoms with Gasteiger partial charge in [0.15, 0.2) is 0 Å². The summed E-state index contributed by atoms with van der Waals surface area (Å²) < 4.78 is 28.8. The lowest BCUT2D eigenvalue weighted by Gasteiger charge is -2.24. The molecule has 0 unspecified atom stereocenters.